The predicted molar refractivity (Wildman–Crippen MR) is 96.1 cm³/mol. The van der Waals surface area contributed by atoms with Crippen LogP contribution < -0.4 is 0 Å². The minimum absolute atomic E-state index is 0.0546. The average Bonchev–Trinajstić information content (AvgIpc) is 2.52. The van der Waals surface area contributed by atoms with Crippen molar-refractivity contribution in [2.75, 3.05) is 32.7 Å². The molecule has 4 nitrogen and oxygen atoms in total. The van der Waals surface area contributed by atoms with Crippen molar-refractivity contribution < 1.29 is 4.79 Å². The second-order valence-electron chi connectivity index (χ2n) is 8.29. The van der Waals surface area contributed by atoms with Gasteiger partial charge in [0.25, 0.3) is 5.91 Å². The number of hydrogen-bond donors (Lipinski definition) is 0. The zero-order valence-corrected chi connectivity index (χ0v) is 14.9. The molecule has 0 aromatic heterocycles. The Kier molecular flexibility index (Phi) is 4.13. The van der Waals surface area contributed by atoms with Crippen LogP contribution in [0, 0.1) is 0 Å². The topological polar surface area (TPSA) is 26.8 Å². The van der Waals surface area contributed by atoms with E-state index in [-0.39, 0.29) is 11.4 Å². The second-order valence-corrected chi connectivity index (χ2v) is 8.29. The molecule has 1 amide bonds. The lowest BCUT2D eigenvalue weighted by Gasteiger charge is -2.57. The van der Waals surface area contributed by atoms with Gasteiger partial charge in [-0.1, -0.05) is 24.6 Å². The highest BCUT2D eigenvalue weighted by Gasteiger charge is 2.45. The Bertz CT molecular complexity index is 596. The molecule has 0 N–H and O–H groups in total. The molecule has 1 aromatic rings. The van der Waals surface area contributed by atoms with E-state index in [2.05, 4.69) is 28.5 Å². The molecule has 0 bridgehead atoms. The zero-order valence-electron chi connectivity index (χ0n) is 14.9. The van der Waals surface area contributed by atoms with E-state index in [9.17, 15) is 4.79 Å². The molecule has 3 fully saturated rings. The molecule has 1 atom stereocenters. The molecular formula is C20H29N3O. The highest BCUT2D eigenvalue weighted by molar-refractivity contribution is 5.94. The molecule has 4 heteroatoms. The first-order chi connectivity index (χ1) is 11.5. The van der Waals surface area contributed by atoms with Gasteiger partial charge in [-0.25, -0.2) is 0 Å². The molecule has 4 rings (SSSR count). The van der Waals surface area contributed by atoms with Gasteiger partial charge in [0, 0.05) is 55.9 Å². The number of carbonyl (C=O) groups excluding carboxylic acids is 1. The predicted octanol–water partition coefficient (Wildman–Crippen LogP) is 2.46. The molecule has 0 spiro atoms. The number of fused-ring (bicyclic) bond motifs is 1. The molecular weight excluding hydrogens is 298 g/mol. The summed E-state index contributed by atoms with van der Waals surface area (Å²) in [6.45, 7) is 9.72. The summed E-state index contributed by atoms with van der Waals surface area (Å²) in [5, 5.41) is 0. The van der Waals surface area contributed by atoms with E-state index >= 15 is 0 Å². The molecule has 130 valence electrons. The van der Waals surface area contributed by atoms with E-state index in [1.807, 2.05) is 30.3 Å². The normalized spacial score (nSPS) is 28.2. The highest BCUT2D eigenvalue weighted by atomic mass is 16.2. The number of carbonyl (C=O) groups is 1. The molecule has 0 unspecified atom stereocenters. The van der Waals surface area contributed by atoms with Crippen LogP contribution >= 0.6 is 0 Å². The molecule has 24 heavy (non-hydrogen) atoms. The van der Waals surface area contributed by atoms with Crippen LogP contribution in [0.2, 0.25) is 0 Å². The summed E-state index contributed by atoms with van der Waals surface area (Å²) in [5.41, 5.74) is 0.868. The maximum absolute atomic E-state index is 12.9. The van der Waals surface area contributed by atoms with Crippen molar-refractivity contribution in [3.63, 3.8) is 0 Å². The number of nitrogens with zero attached hydrogens (tertiary/aromatic N) is 3. The lowest BCUT2D eigenvalue weighted by atomic mass is 9.88. The fourth-order valence-electron chi connectivity index (χ4n) is 4.71. The van der Waals surface area contributed by atoms with E-state index in [1.165, 1.54) is 25.8 Å². The van der Waals surface area contributed by atoms with Crippen LogP contribution in [0.1, 0.15) is 43.5 Å². The quantitative estimate of drug-likeness (QED) is 0.835. The van der Waals surface area contributed by atoms with Gasteiger partial charge in [-0.2, -0.15) is 0 Å². The van der Waals surface area contributed by atoms with Crippen molar-refractivity contribution in [3.8, 4) is 0 Å². The Morgan fingerprint density at radius 1 is 1.04 bits per heavy atom. The van der Waals surface area contributed by atoms with Crippen molar-refractivity contribution in [3.05, 3.63) is 35.9 Å². The summed E-state index contributed by atoms with van der Waals surface area (Å²) in [4.78, 5) is 20.4. The Hall–Kier alpha value is -1.39. The van der Waals surface area contributed by atoms with Gasteiger partial charge in [0.1, 0.15) is 0 Å². The number of benzene rings is 1. The van der Waals surface area contributed by atoms with Gasteiger partial charge in [0.2, 0.25) is 0 Å². The van der Waals surface area contributed by atoms with Crippen LogP contribution in [-0.4, -0.2) is 71.0 Å². The smallest absolute Gasteiger partial charge is 0.253 e. The molecule has 1 saturated carbocycles. The van der Waals surface area contributed by atoms with E-state index in [0.717, 1.165) is 37.8 Å². The summed E-state index contributed by atoms with van der Waals surface area (Å²) in [5.74, 6) is 0.184. The number of hydrogen-bond acceptors (Lipinski definition) is 3. The van der Waals surface area contributed by atoms with E-state index < -0.39 is 0 Å². The first-order valence-corrected chi connectivity index (χ1v) is 9.40. The summed E-state index contributed by atoms with van der Waals surface area (Å²) in [6.07, 6.45) is 4.12. The van der Waals surface area contributed by atoms with Crippen molar-refractivity contribution in [1.29, 1.82) is 0 Å². The van der Waals surface area contributed by atoms with E-state index in [0.29, 0.717) is 6.04 Å². The van der Waals surface area contributed by atoms with Crippen LogP contribution in [0.4, 0.5) is 0 Å². The standard InChI is InChI=1S/C20H29N3O/c1-20(2)15-22(19(24)16-7-4-3-5-8-16)14-18-13-21(11-12-23(18)20)17-9-6-10-17/h3-5,7-8,17-18H,6,9-15H2,1-2H3/t18-/m0/s1. The van der Waals surface area contributed by atoms with Gasteiger partial charge >= 0.3 is 0 Å². The minimum atomic E-state index is 0.0546. The molecule has 0 radical (unpaired) electrons. The summed E-state index contributed by atoms with van der Waals surface area (Å²) in [6, 6.07) is 11.0. The van der Waals surface area contributed by atoms with Crippen LogP contribution in [0.3, 0.4) is 0 Å². The van der Waals surface area contributed by atoms with Crippen molar-refractivity contribution >= 4 is 5.91 Å². The van der Waals surface area contributed by atoms with Gasteiger partial charge in [0.05, 0.1) is 0 Å². The largest absolute Gasteiger partial charge is 0.335 e. The molecule has 1 aromatic carbocycles. The Balaban J connectivity index is 1.51. The maximum Gasteiger partial charge on any atom is 0.253 e. The number of rotatable bonds is 2. The monoisotopic (exact) mass is 327 g/mol. The zero-order chi connectivity index (χ0) is 16.7. The van der Waals surface area contributed by atoms with Crippen LogP contribution in [0.15, 0.2) is 30.3 Å². The maximum atomic E-state index is 12.9. The highest BCUT2D eigenvalue weighted by Crippen LogP contribution is 2.32. The average molecular weight is 327 g/mol. The van der Waals surface area contributed by atoms with E-state index in [4.69, 9.17) is 0 Å². The Morgan fingerprint density at radius 2 is 1.79 bits per heavy atom. The van der Waals surface area contributed by atoms with Gasteiger partial charge in [-0.05, 0) is 38.8 Å². The first kappa shape index (κ1) is 16.1. The lowest BCUT2D eigenvalue weighted by molar-refractivity contribution is -0.0709. The van der Waals surface area contributed by atoms with Gasteiger partial charge in [0.15, 0.2) is 0 Å². The third-order valence-corrected chi connectivity index (χ3v) is 6.20. The third kappa shape index (κ3) is 2.86. The van der Waals surface area contributed by atoms with Crippen LogP contribution in [0.5, 0.6) is 0 Å². The summed E-state index contributed by atoms with van der Waals surface area (Å²) >= 11 is 0. The van der Waals surface area contributed by atoms with Crippen molar-refractivity contribution in [2.24, 2.45) is 0 Å². The van der Waals surface area contributed by atoms with Crippen molar-refractivity contribution in [2.45, 2.75) is 50.7 Å². The van der Waals surface area contributed by atoms with Crippen molar-refractivity contribution in [1.82, 2.24) is 14.7 Å². The molecule has 3 aliphatic rings. The molecule has 1 aliphatic carbocycles. The second kappa shape index (κ2) is 6.16. The fraction of sp³-hybridized carbons (Fsp3) is 0.650. The molecule has 2 saturated heterocycles. The lowest BCUT2D eigenvalue weighted by Crippen LogP contribution is -2.71. The molecule has 2 aliphatic heterocycles. The summed E-state index contributed by atoms with van der Waals surface area (Å²) in [7, 11) is 0. The molecule has 2 heterocycles. The van der Waals surface area contributed by atoms with E-state index in [1.54, 1.807) is 0 Å². The SMILES string of the molecule is CC1(C)CN(C(=O)c2ccccc2)C[C@@H]2CN(C3CCC3)CCN21. The van der Waals surface area contributed by atoms with Crippen LogP contribution in [0.25, 0.3) is 0 Å². The Labute approximate surface area is 145 Å². The number of piperazine rings is 2. The Morgan fingerprint density at radius 3 is 2.46 bits per heavy atom. The van der Waals surface area contributed by atoms with Gasteiger partial charge in [-0.3, -0.25) is 14.6 Å². The third-order valence-electron chi connectivity index (χ3n) is 6.20. The van der Waals surface area contributed by atoms with Gasteiger partial charge < -0.3 is 4.90 Å². The minimum Gasteiger partial charge on any atom is -0.335 e. The number of amides is 1. The van der Waals surface area contributed by atoms with Gasteiger partial charge in [-0.15, -0.1) is 0 Å². The van der Waals surface area contributed by atoms with Crippen LogP contribution in [-0.2, 0) is 0 Å². The first-order valence-electron chi connectivity index (χ1n) is 9.40. The fourth-order valence-corrected chi connectivity index (χ4v) is 4.71. The summed E-state index contributed by atoms with van der Waals surface area (Å²) < 4.78 is 0.